The van der Waals surface area contributed by atoms with Gasteiger partial charge in [0.25, 0.3) is 5.56 Å². The molecule has 0 atom stereocenters. The zero-order valence-corrected chi connectivity index (χ0v) is 14.2. The van der Waals surface area contributed by atoms with Crippen LogP contribution in [0.1, 0.15) is 24.7 Å². The second-order valence-electron chi connectivity index (χ2n) is 6.05. The van der Waals surface area contributed by atoms with Crippen molar-refractivity contribution in [3.8, 4) is 11.1 Å². The minimum absolute atomic E-state index is 0.0954. The number of fused-ring (bicyclic) bond motifs is 1. The summed E-state index contributed by atoms with van der Waals surface area (Å²) in [5.74, 6) is 0.832. The lowest BCUT2D eigenvalue weighted by Gasteiger charge is -2.12. The molecule has 1 N–H and O–H groups in total. The van der Waals surface area contributed by atoms with Gasteiger partial charge in [0.05, 0.1) is 11.9 Å². The Labute approximate surface area is 144 Å². The van der Waals surface area contributed by atoms with Crippen LogP contribution >= 0.6 is 11.3 Å². The van der Waals surface area contributed by atoms with Gasteiger partial charge in [-0.15, -0.1) is 17.9 Å². The van der Waals surface area contributed by atoms with Crippen LogP contribution in [0.25, 0.3) is 21.3 Å². The van der Waals surface area contributed by atoms with Crippen LogP contribution in [-0.4, -0.2) is 16.1 Å². The van der Waals surface area contributed by atoms with Gasteiger partial charge in [-0.2, -0.15) is 0 Å². The van der Waals surface area contributed by atoms with Crippen molar-refractivity contribution in [3.05, 3.63) is 64.5 Å². The molecule has 0 aliphatic heterocycles. The number of nitrogens with zero attached hydrogens (tertiary/aromatic N) is 2. The first-order chi connectivity index (χ1) is 11.8. The molecule has 1 aliphatic carbocycles. The predicted octanol–water partition coefficient (Wildman–Crippen LogP) is 3.74. The summed E-state index contributed by atoms with van der Waals surface area (Å²) in [5, 5.41) is 6.07. The van der Waals surface area contributed by atoms with E-state index >= 15 is 0 Å². The van der Waals surface area contributed by atoms with Crippen LogP contribution in [0.3, 0.4) is 0 Å². The Morgan fingerprint density at radius 1 is 1.33 bits per heavy atom. The average molecular weight is 337 g/mol. The minimum Gasteiger partial charge on any atom is -0.306 e. The van der Waals surface area contributed by atoms with Crippen molar-refractivity contribution < 1.29 is 0 Å². The molecular formula is C19H19N3OS. The van der Waals surface area contributed by atoms with Crippen molar-refractivity contribution >= 4 is 21.6 Å². The van der Waals surface area contributed by atoms with Crippen LogP contribution in [0.5, 0.6) is 0 Å². The lowest BCUT2D eigenvalue weighted by Crippen LogP contribution is -2.28. The van der Waals surface area contributed by atoms with Crippen molar-refractivity contribution in [3.63, 3.8) is 0 Å². The SMILES string of the molecule is C=CCNCc1nc2scc(-c3ccccc3)c2c(=O)n1C1CC1. The zero-order chi connectivity index (χ0) is 16.5. The van der Waals surface area contributed by atoms with Crippen LogP contribution in [0.4, 0.5) is 0 Å². The van der Waals surface area contributed by atoms with E-state index in [2.05, 4.69) is 11.9 Å². The molecule has 0 radical (unpaired) electrons. The molecule has 122 valence electrons. The van der Waals surface area contributed by atoms with Crippen molar-refractivity contribution in [1.82, 2.24) is 14.9 Å². The quantitative estimate of drug-likeness (QED) is 0.551. The van der Waals surface area contributed by atoms with Gasteiger partial charge in [-0.25, -0.2) is 4.98 Å². The van der Waals surface area contributed by atoms with Gasteiger partial charge in [0.15, 0.2) is 0 Å². The van der Waals surface area contributed by atoms with Gasteiger partial charge in [-0.3, -0.25) is 9.36 Å². The molecule has 0 amide bonds. The molecule has 1 aromatic carbocycles. The lowest BCUT2D eigenvalue weighted by molar-refractivity contribution is 0.602. The maximum atomic E-state index is 13.2. The highest BCUT2D eigenvalue weighted by atomic mass is 32.1. The summed E-state index contributed by atoms with van der Waals surface area (Å²) < 4.78 is 1.90. The first kappa shape index (κ1) is 15.3. The van der Waals surface area contributed by atoms with E-state index in [9.17, 15) is 4.79 Å². The molecule has 0 bridgehead atoms. The topological polar surface area (TPSA) is 46.9 Å². The molecule has 2 heterocycles. The van der Waals surface area contributed by atoms with E-state index in [1.165, 1.54) is 0 Å². The molecule has 3 aromatic rings. The molecule has 1 aliphatic rings. The third-order valence-corrected chi connectivity index (χ3v) is 5.15. The van der Waals surface area contributed by atoms with Gasteiger partial charge in [0.1, 0.15) is 10.7 Å². The first-order valence-corrected chi connectivity index (χ1v) is 9.07. The number of nitrogens with one attached hydrogen (secondary N) is 1. The molecule has 4 rings (SSSR count). The van der Waals surface area contributed by atoms with Crippen LogP contribution in [0, 0.1) is 0 Å². The van der Waals surface area contributed by atoms with Gasteiger partial charge >= 0.3 is 0 Å². The largest absolute Gasteiger partial charge is 0.306 e. The Morgan fingerprint density at radius 3 is 2.83 bits per heavy atom. The fourth-order valence-corrected chi connectivity index (χ4v) is 3.95. The van der Waals surface area contributed by atoms with Gasteiger partial charge in [0, 0.05) is 23.5 Å². The van der Waals surface area contributed by atoms with E-state index in [0.717, 1.165) is 40.0 Å². The zero-order valence-electron chi connectivity index (χ0n) is 13.4. The van der Waals surface area contributed by atoms with E-state index in [1.807, 2.05) is 46.4 Å². The molecule has 2 aromatic heterocycles. The number of benzene rings is 1. The molecule has 5 heteroatoms. The number of thiophene rings is 1. The second-order valence-corrected chi connectivity index (χ2v) is 6.91. The normalized spacial score (nSPS) is 14.2. The van der Waals surface area contributed by atoms with Crippen LogP contribution < -0.4 is 10.9 Å². The van der Waals surface area contributed by atoms with Gasteiger partial charge in [-0.05, 0) is 18.4 Å². The molecule has 0 spiro atoms. The molecule has 1 saturated carbocycles. The number of hydrogen-bond acceptors (Lipinski definition) is 4. The predicted molar refractivity (Wildman–Crippen MR) is 99.5 cm³/mol. The highest BCUT2D eigenvalue weighted by Crippen LogP contribution is 2.37. The van der Waals surface area contributed by atoms with E-state index in [1.54, 1.807) is 11.3 Å². The second kappa shape index (κ2) is 6.34. The van der Waals surface area contributed by atoms with E-state index in [-0.39, 0.29) is 5.56 Å². The summed E-state index contributed by atoms with van der Waals surface area (Å²) in [4.78, 5) is 18.8. The van der Waals surface area contributed by atoms with Gasteiger partial charge in [0.2, 0.25) is 0 Å². The summed E-state index contributed by atoms with van der Waals surface area (Å²) in [6, 6.07) is 10.4. The summed E-state index contributed by atoms with van der Waals surface area (Å²) in [7, 11) is 0. The molecule has 0 saturated heterocycles. The average Bonchev–Trinajstić information content (AvgIpc) is 3.34. The summed E-state index contributed by atoms with van der Waals surface area (Å²) in [6.07, 6.45) is 3.94. The van der Waals surface area contributed by atoms with Crippen LogP contribution in [0.15, 0.2) is 53.2 Å². The van der Waals surface area contributed by atoms with E-state index < -0.39 is 0 Å². The van der Waals surface area contributed by atoms with E-state index in [4.69, 9.17) is 4.98 Å². The maximum Gasteiger partial charge on any atom is 0.263 e. The monoisotopic (exact) mass is 337 g/mol. The fraction of sp³-hybridized carbons (Fsp3) is 0.263. The smallest absolute Gasteiger partial charge is 0.263 e. The Hall–Kier alpha value is -2.24. The van der Waals surface area contributed by atoms with E-state index in [0.29, 0.717) is 19.1 Å². The maximum absolute atomic E-state index is 13.2. The number of hydrogen-bond donors (Lipinski definition) is 1. The van der Waals surface area contributed by atoms with Crippen molar-refractivity contribution in [2.24, 2.45) is 0 Å². The third kappa shape index (κ3) is 2.70. The van der Waals surface area contributed by atoms with Crippen molar-refractivity contribution in [1.29, 1.82) is 0 Å². The minimum atomic E-state index is 0.0954. The van der Waals surface area contributed by atoms with Crippen LogP contribution in [0.2, 0.25) is 0 Å². The molecule has 1 fully saturated rings. The third-order valence-electron chi connectivity index (χ3n) is 4.28. The molecule has 4 nitrogen and oxygen atoms in total. The van der Waals surface area contributed by atoms with Crippen molar-refractivity contribution in [2.45, 2.75) is 25.4 Å². The summed E-state index contributed by atoms with van der Waals surface area (Å²) in [6.45, 7) is 5.01. The van der Waals surface area contributed by atoms with Gasteiger partial charge in [-0.1, -0.05) is 36.4 Å². The van der Waals surface area contributed by atoms with Crippen LogP contribution in [-0.2, 0) is 6.54 Å². The molecule has 0 unspecified atom stereocenters. The molecule has 24 heavy (non-hydrogen) atoms. The Kier molecular flexibility index (Phi) is 4.04. The molecular weight excluding hydrogens is 318 g/mol. The highest BCUT2D eigenvalue weighted by molar-refractivity contribution is 7.17. The van der Waals surface area contributed by atoms with Crippen molar-refractivity contribution in [2.75, 3.05) is 6.54 Å². The fourth-order valence-electron chi connectivity index (χ4n) is 3.00. The first-order valence-electron chi connectivity index (χ1n) is 8.19. The Balaban J connectivity index is 1.87. The summed E-state index contributed by atoms with van der Waals surface area (Å²) in [5.41, 5.74) is 2.16. The Bertz CT molecular complexity index is 938. The standard InChI is InChI=1S/C19H19N3OS/c1-2-10-20-11-16-21-18-17(19(23)22(16)14-8-9-14)15(12-24-18)13-6-4-3-5-7-13/h2-7,12,14,20H,1,8-11H2. The van der Waals surface area contributed by atoms with Gasteiger partial charge < -0.3 is 5.32 Å². The lowest BCUT2D eigenvalue weighted by atomic mass is 10.1. The Morgan fingerprint density at radius 2 is 2.12 bits per heavy atom. The summed E-state index contributed by atoms with van der Waals surface area (Å²) >= 11 is 1.54. The number of aromatic nitrogens is 2. The highest BCUT2D eigenvalue weighted by Gasteiger charge is 2.29. The number of rotatable bonds is 6.